The molecule has 0 saturated carbocycles. The fraction of sp³-hybridized carbons (Fsp3) is 0.111. The minimum absolute atomic E-state index is 0.418. The molecule has 0 atom stereocenters. The van der Waals surface area contributed by atoms with E-state index in [2.05, 4.69) is 14.8 Å². The summed E-state index contributed by atoms with van der Waals surface area (Å²) in [4.78, 5) is 11.2. The number of hydrogen-bond acceptors (Lipinski definition) is 3. The fourth-order valence-electron chi connectivity index (χ4n) is 2.28. The largest absolute Gasteiger partial charge is 0.497 e. The second-order valence-corrected chi connectivity index (χ2v) is 4.85. The predicted molar refractivity (Wildman–Crippen MR) is 88.8 cm³/mol. The third kappa shape index (κ3) is 2.87. The number of benzene rings is 2. The molecule has 0 amide bonds. The van der Waals surface area contributed by atoms with Gasteiger partial charge in [0.2, 0.25) is 5.82 Å². The van der Waals surface area contributed by atoms with Crippen molar-refractivity contribution in [1.82, 2.24) is 9.97 Å². The lowest BCUT2D eigenvalue weighted by Gasteiger charge is -2.01. The molecule has 5 nitrogen and oxygen atoms in total. The van der Waals surface area contributed by atoms with Crippen molar-refractivity contribution in [2.24, 2.45) is 0 Å². The molecule has 2 aromatic carbocycles. The highest BCUT2D eigenvalue weighted by molar-refractivity contribution is 5.76. The summed E-state index contributed by atoms with van der Waals surface area (Å²) in [5.74, 6) is 2.62. The van der Waals surface area contributed by atoms with Gasteiger partial charge in [0.1, 0.15) is 11.5 Å². The smallest absolute Gasteiger partial charge is 0.255 e. The zero-order valence-corrected chi connectivity index (χ0v) is 12.8. The van der Waals surface area contributed by atoms with E-state index in [0.717, 1.165) is 22.6 Å². The lowest BCUT2D eigenvalue weighted by Crippen LogP contribution is -1.85. The zero-order valence-electron chi connectivity index (χ0n) is 12.8. The molecule has 0 aliphatic rings. The zero-order chi connectivity index (χ0) is 16.2. The van der Waals surface area contributed by atoms with Crippen molar-refractivity contribution >= 4 is 5.82 Å². The maximum Gasteiger partial charge on any atom is 0.255 e. The third-order valence-electron chi connectivity index (χ3n) is 3.52. The maximum absolute atomic E-state index is 7.36. The quantitative estimate of drug-likeness (QED) is 0.731. The molecule has 0 aliphatic carbocycles. The molecule has 5 heteroatoms. The van der Waals surface area contributed by atoms with Crippen molar-refractivity contribution in [2.75, 3.05) is 14.2 Å². The van der Waals surface area contributed by atoms with Gasteiger partial charge in [0.15, 0.2) is 0 Å². The highest BCUT2D eigenvalue weighted by atomic mass is 16.5. The van der Waals surface area contributed by atoms with Crippen LogP contribution in [0.2, 0.25) is 0 Å². The van der Waals surface area contributed by atoms with Gasteiger partial charge < -0.3 is 14.3 Å². The van der Waals surface area contributed by atoms with Crippen LogP contribution >= 0.6 is 0 Å². The molecule has 0 fully saturated rings. The molecule has 1 aromatic heterocycles. The van der Waals surface area contributed by atoms with Crippen LogP contribution in [0, 0.1) is 6.57 Å². The van der Waals surface area contributed by atoms with Crippen LogP contribution in [-0.2, 0) is 0 Å². The van der Waals surface area contributed by atoms with Crippen LogP contribution in [0.5, 0.6) is 11.5 Å². The van der Waals surface area contributed by atoms with Crippen LogP contribution < -0.4 is 9.47 Å². The van der Waals surface area contributed by atoms with E-state index in [1.54, 1.807) is 14.2 Å². The van der Waals surface area contributed by atoms with Gasteiger partial charge in [-0.2, -0.15) is 0 Å². The molecule has 114 valence electrons. The molecule has 0 unspecified atom stereocenters. The topological polar surface area (TPSA) is 51.5 Å². The summed E-state index contributed by atoms with van der Waals surface area (Å²) in [6, 6.07) is 15.0. The van der Waals surface area contributed by atoms with E-state index < -0.39 is 0 Å². The summed E-state index contributed by atoms with van der Waals surface area (Å²) in [6.07, 6.45) is 0. The standard InChI is InChI=1S/C18H15N3O2/c1-19-18-16(12-4-8-14(22-2)9-5-12)20-17(21-18)13-6-10-15(23-3)11-7-13/h4-11H,2-3H3,(H,20,21). The number of methoxy groups -OCH3 is 2. The van der Waals surface area contributed by atoms with Gasteiger partial charge in [-0.15, -0.1) is 0 Å². The van der Waals surface area contributed by atoms with Gasteiger partial charge in [-0.3, -0.25) is 4.98 Å². The first-order valence-electron chi connectivity index (χ1n) is 7.01. The molecule has 1 heterocycles. The lowest BCUT2D eigenvalue weighted by molar-refractivity contribution is 0.415. The number of aromatic amines is 1. The summed E-state index contributed by atoms with van der Waals surface area (Å²) >= 11 is 0. The number of rotatable bonds is 4. The first-order chi connectivity index (χ1) is 11.2. The molecular formula is C18H15N3O2. The summed E-state index contributed by atoms with van der Waals surface area (Å²) in [6.45, 7) is 7.36. The van der Waals surface area contributed by atoms with E-state index in [-0.39, 0.29) is 0 Å². The monoisotopic (exact) mass is 305 g/mol. The number of hydrogen-bond donors (Lipinski definition) is 1. The molecule has 0 bridgehead atoms. The predicted octanol–water partition coefficient (Wildman–Crippen LogP) is 4.31. The normalized spacial score (nSPS) is 10.1. The SMILES string of the molecule is [C-]#[N+]c1[nH]c(-c2ccc(OC)cc2)nc1-c1ccc(OC)cc1. The summed E-state index contributed by atoms with van der Waals surface area (Å²) in [5, 5.41) is 0. The molecule has 0 aliphatic heterocycles. The van der Waals surface area contributed by atoms with Gasteiger partial charge in [0.05, 0.1) is 19.9 Å². The molecular weight excluding hydrogens is 290 g/mol. The first kappa shape index (κ1) is 14.7. The Morgan fingerprint density at radius 3 is 1.87 bits per heavy atom. The summed E-state index contributed by atoms with van der Waals surface area (Å²) in [5.41, 5.74) is 2.40. The minimum Gasteiger partial charge on any atom is -0.497 e. The minimum atomic E-state index is 0.418. The van der Waals surface area contributed by atoms with Gasteiger partial charge in [0.25, 0.3) is 5.82 Å². The Kier molecular flexibility index (Phi) is 3.98. The highest BCUT2D eigenvalue weighted by Crippen LogP contribution is 2.32. The summed E-state index contributed by atoms with van der Waals surface area (Å²) in [7, 11) is 3.25. The Morgan fingerprint density at radius 2 is 1.39 bits per heavy atom. The fourth-order valence-corrected chi connectivity index (χ4v) is 2.28. The second kappa shape index (κ2) is 6.24. The molecule has 3 aromatic rings. The van der Waals surface area contributed by atoms with Gasteiger partial charge in [-0.05, 0) is 42.0 Å². The van der Waals surface area contributed by atoms with Gasteiger partial charge in [-0.1, -0.05) is 18.7 Å². The van der Waals surface area contributed by atoms with E-state index >= 15 is 0 Å². The number of aromatic nitrogens is 2. The van der Waals surface area contributed by atoms with Gasteiger partial charge in [-0.25, -0.2) is 4.98 Å². The Labute approximate surface area is 134 Å². The highest BCUT2D eigenvalue weighted by Gasteiger charge is 2.14. The van der Waals surface area contributed by atoms with Crippen LogP contribution in [0.15, 0.2) is 48.5 Å². The first-order valence-corrected chi connectivity index (χ1v) is 7.01. The number of imidazole rings is 1. The average molecular weight is 305 g/mol. The Bertz CT molecular complexity index is 843. The van der Waals surface area contributed by atoms with E-state index in [1.807, 2.05) is 48.5 Å². The van der Waals surface area contributed by atoms with E-state index in [0.29, 0.717) is 17.3 Å². The Morgan fingerprint density at radius 1 is 0.870 bits per heavy atom. The molecule has 0 radical (unpaired) electrons. The number of ether oxygens (including phenoxy) is 2. The Hall–Kier alpha value is -3.26. The van der Waals surface area contributed by atoms with Crippen LogP contribution in [0.4, 0.5) is 5.82 Å². The molecule has 1 N–H and O–H groups in total. The van der Waals surface area contributed by atoms with Crippen LogP contribution in [-0.4, -0.2) is 24.2 Å². The van der Waals surface area contributed by atoms with Crippen molar-refractivity contribution in [3.8, 4) is 34.1 Å². The lowest BCUT2D eigenvalue weighted by atomic mass is 10.1. The van der Waals surface area contributed by atoms with Crippen molar-refractivity contribution in [1.29, 1.82) is 0 Å². The van der Waals surface area contributed by atoms with E-state index in [9.17, 15) is 0 Å². The van der Waals surface area contributed by atoms with E-state index in [4.69, 9.17) is 16.0 Å². The maximum atomic E-state index is 7.36. The van der Waals surface area contributed by atoms with E-state index in [1.165, 1.54) is 0 Å². The van der Waals surface area contributed by atoms with Crippen LogP contribution in [0.1, 0.15) is 0 Å². The van der Waals surface area contributed by atoms with Crippen molar-refractivity contribution in [2.45, 2.75) is 0 Å². The molecule has 23 heavy (non-hydrogen) atoms. The van der Waals surface area contributed by atoms with Crippen LogP contribution in [0.25, 0.3) is 27.5 Å². The average Bonchev–Trinajstić information content (AvgIpc) is 3.06. The van der Waals surface area contributed by atoms with Crippen molar-refractivity contribution in [3.05, 3.63) is 59.9 Å². The third-order valence-corrected chi connectivity index (χ3v) is 3.52. The summed E-state index contributed by atoms with van der Waals surface area (Å²) < 4.78 is 10.3. The van der Waals surface area contributed by atoms with Crippen molar-refractivity contribution < 1.29 is 9.47 Å². The Balaban J connectivity index is 2.01. The molecule has 0 spiro atoms. The second-order valence-electron chi connectivity index (χ2n) is 4.85. The number of H-pyrrole nitrogens is 1. The van der Waals surface area contributed by atoms with Gasteiger partial charge >= 0.3 is 0 Å². The molecule has 3 rings (SSSR count). The van der Waals surface area contributed by atoms with Crippen LogP contribution in [0.3, 0.4) is 0 Å². The number of nitrogens with zero attached hydrogens (tertiary/aromatic N) is 2. The van der Waals surface area contributed by atoms with Gasteiger partial charge in [0, 0.05) is 5.56 Å². The van der Waals surface area contributed by atoms with Crippen molar-refractivity contribution in [3.63, 3.8) is 0 Å². The number of nitrogens with one attached hydrogen (secondary N) is 1. The molecule has 0 saturated heterocycles.